The smallest absolute Gasteiger partial charge is 0.182 e. The van der Waals surface area contributed by atoms with Gasteiger partial charge in [-0.2, -0.15) is 5.26 Å². The van der Waals surface area contributed by atoms with Gasteiger partial charge in [0.15, 0.2) is 11.5 Å². The van der Waals surface area contributed by atoms with Crippen LogP contribution in [-0.2, 0) is 13.5 Å². The van der Waals surface area contributed by atoms with Crippen LogP contribution in [0.4, 0.5) is 5.82 Å². The molecule has 0 aromatic carbocycles. The van der Waals surface area contributed by atoms with E-state index in [0.717, 1.165) is 12.8 Å². The van der Waals surface area contributed by atoms with Gasteiger partial charge in [0.1, 0.15) is 6.07 Å². The normalized spacial score (nSPS) is 11.8. The molecule has 5 heteroatoms. The highest BCUT2D eigenvalue weighted by Crippen LogP contribution is 2.12. The van der Waals surface area contributed by atoms with Crippen LogP contribution in [0.15, 0.2) is 30.7 Å². The number of hydrogen-bond acceptors (Lipinski definition) is 4. The third-order valence-electron chi connectivity index (χ3n) is 3.07. The van der Waals surface area contributed by atoms with Crippen molar-refractivity contribution in [1.29, 1.82) is 5.26 Å². The maximum atomic E-state index is 8.95. The lowest BCUT2D eigenvalue weighted by atomic mass is 10.1. The van der Waals surface area contributed by atoms with E-state index in [0.29, 0.717) is 11.5 Å². The van der Waals surface area contributed by atoms with E-state index < -0.39 is 0 Å². The number of aryl methyl sites for hydroxylation is 2. The predicted molar refractivity (Wildman–Crippen MR) is 73.6 cm³/mol. The van der Waals surface area contributed by atoms with Crippen molar-refractivity contribution < 1.29 is 0 Å². The maximum Gasteiger partial charge on any atom is 0.182 e. The lowest BCUT2D eigenvalue weighted by Gasteiger charge is -2.15. The van der Waals surface area contributed by atoms with Crippen LogP contribution in [0, 0.1) is 11.3 Å². The number of rotatable bonds is 5. The molecule has 0 saturated heterocycles. The summed E-state index contributed by atoms with van der Waals surface area (Å²) in [5, 5.41) is 12.2. The maximum absolute atomic E-state index is 8.95. The summed E-state index contributed by atoms with van der Waals surface area (Å²) in [5.74, 6) is 0.560. The molecule has 2 aromatic rings. The highest BCUT2D eigenvalue weighted by atomic mass is 15.0. The predicted octanol–water partition coefficient (Wildman–Crippen LogP) is 2.12. The zero-order valence-corrected chi connectivity index (χ0v) is 11.2. The van der Waals surface area contributed by atoms with E-state index in [-0.39, 0.29) is 6.04 Å². The molecule has 0 unspecified atom stereocenters. The molecule has 5 nitrogen and oxygen atoms in total. The lowest BCUT2D eigenvalue weighted by molar-refractivity contribution is 0.672. The van der Waals surface area contributed by atoms with Crippen LogP contribution in [0.25, 0.3) is 0 Å². The molecule has 2 rings (SSSR count). The minimum absolute atomic E-state index is 0.235. The highest BCUT2D eigenvalue weighted by Gasteiger charge is 2.09. The SMILES string of the molecule is C[C@H](CCc1cccn1C)Nc1nccnc1C#N. The molecule has 0 radical (unpaired) electrons. The summed E-state index contributed by atoms with van der Waals surface area (Å²) in [6.45, 7) is 2.08. The molecule has 0 bridgehead atoms. The number of hydrogen-bond donors (Lipinski definition) is 1. The van der Waals surface area contributed by atoms with Crippen LogP contribution in [-0.4, -0.2) is 20.6 Å². The van der Waals surface area contributed by atoms with Gasteiger partial charge in [-0.25, -0.2) is 9.97 Å². The molecule has 0 saturated carbocycles. The number of anilines is 1. The van der Waals surface area contributed by atoms with Crippen LogP contribution in [0.5, 0.6) is 0 Å². The molecule has 2 aromatic heterocycles. The van der Waals surface area contributed by atoms with Gasteiger partial charge >= 0.3 is 0 Å². The quantitative estimate of drug-likeness (QED) is 0.888. The second-order valence-corrected chi connectivity index (χ2v) is 4.56. The molecule has 0 fully saturated rings. The fourth-order valence-corrected chi connectivity index (χ4v) is 1.95. The molecular weight excluding hydrogens is 238 g/mol. The van der Waals surface area contributed by atoms with Crippen molar-refractivity contribution in [2.75, 3.05) is 5.32 Å². The Balaban J connectivity index is 1.93. The van der Waals surface area contributed by atoms with Crippen molar-refractivity contribution in [1.82, 2.24) is 14.5 Å². The first-order valence-corrected chi connectivity index (χ1v) is 6.28. The van der Waals surface area contributed by atoms with Crippen LogP contribution < -0.4 is 5.32 Å². The first-order valence-electron chi connectivity index (χ1n) is 6.28. The molecule has 19 heavy (non-hydrogen) atoms. The molecule has 98 valence electrons. The van der Waals surface area contributed by atoms with Gasteiger partial charge in [-0.3, -0.25) is 0 Å². The largest absolute Gasteiger partial charge is 0.365 e. The van der Waals surface area contributed by atoms with Crippen LogP contribution in [0.2, 0.25) is 0 Å². The van der Waals surface area contributed by atoms with Gasteiger partial charge in [0.2, 0.25) is 0 Å². The minimum Gasteiger partial charge on any atom is -0.365 e. The Morgan fingerprint density at radius 2 is 2.21 bits per heavy atom. The fraction of sp³-hybridized carbons (Fsp3) is 0.357. The summed E-state index contributed by atoms with van der Waals surface area (Å²) in [6, 6.07) is 6.44. The highest BCUT2D eigenvalue weighted by molar-refractivity contribution is 5.47. The molecule has 0 aliphatic heterocycles. The zero-order chi connectivity index (χ0) is 13.7. The van der Waals surface area contributed by atoms with E-state index in [2.05, 4.69) is 32.8 Å². The Labute approximate surface area is 112 Å². The second kappa shape index (κ2) is 6.01. The Morgan fingerprint density at radius 3 is 2.89 bits per heavy atom. The fourth-order valence-electron chi connectivity index (χ4n) is 1.95. The summed E-state index contributed by atoms with van der Waals surface area (Å²) in [7, 11) is 2.05. The third kappa shape index (κ3) is 3.32. The Bertz CT molecular complexity index is 582. The first-order chi connectivity index (χ1) is 9.20. The van der Waals surface area contributed by atoms with Crippen LogP contribution in [0.1, 0.15) is 24.7 Å². The Morgan fingerprint density at radius 1 is 1.42 bits per heavy atom. The molecule has 1 N–H and O–H groups in total. The molecule has 0 aliphatic carbocycles. The number of nitrogens with one attached hydrogen (secondary N) is 1. The van der Waals surface area contributed by atoms with Crippen molar-refractivity contribution in [2.45, 2.75) is 25.8 Å². The Kier molecular flexibility index (Phi) is 4.14. The van der Waals surface area contributed by atoms with Crippen LogP contribution in [0.3, 0.4) is 0 Å². The van der Waals surface area contributed by atoms with Gasteiger partial charge in [-0.1, -0.05) is 0 Å². The van der Waals surface area contributed by atoms with E-state index in [1.807, 2.05) is 25.4 Å². The topological polar surface area (TPSA) is 66.5 Å². The molecule has 2 heterocycles. The number of nitriles is 1. The van der Waals surface area contributed by atoms with E-state index in [1.165, 1.54) is 11.9 Å². The summed E-state index contributed by atoms with van der Waals surface area (Å²) in [5.41, 5.74) is 1.64. The monoisotopic (exact) mass is 255 g/mol. The molecule has 1 atom stereocenters. The first kappa shape index (κ1) is 13.1. The molecule has 0 spiro atoms. The second-order valence-electron chi connectivity index (χ2n) is 4.56. The molecule has 0 aliphatic rings. The summed E-state index contributed by atoms with van der Waals surface area (Å²) in [4.78, 5) is 8.13. The van der Waals surface area contributed by atoms with E-state index >= 15 is 0 Å². The van der Waals surface area contributed by atoms with Crippen molar-refractivity contribution in [3.63, 3.8) is 0 Å². The van der Waals surface area contributed by atoms with Crippen molar-refractivity contribution >= 4 is 5.82 Å². The van der Waals surface area contributed by atoms with E-state index in [9.17, 15) is 0 Å². The van der Waals surface area contributed by atoms with Gasteiger partial charge in [0.25, 0.3) is 0 Å². The summed E-state index contributed by atoms with van der Waals surface area (Å²) in [6.07, 6.45) is 7.12. The molecule has 0 amide bonds. The van der Waals surface area contributed by atoms with E-state index in [1.54, 1.807) is 6.20 Å². The lowest BCUT2D eigenvalue weighted by Crippen LogP contribution is -2.18. The third-order valence-corrected chi connectivity index (χ3v) is 3.07. The standard InChI is InChI=1S/C14H17N5/c1-11(5-6-12-4-3-9-19(12)2)18-14-13(10-15)16-7-8-17-14/h3-4,7-9,11H,5-6H2,1-2H3,(H,17,18)/t11-/m1/s1. The summed E-state index contributed by atoms with van der Waals surface area (Å²) < 4.78 is 2.12. The Hall–Kier alpha value is -2.35. The number of aromatic nitrogens is 3. The average Bonchev–Trinajstić information content (AvgIpc) is 2.82. The van der Waals surface area contributed by atoms with Gasteiger partial charge in [0.05, 0.1) is 0 Å². The van der Waals surface area contributed by atoms with E-state index in [4.69, 9.17) is 5.26 Å². The zero-order valence-electron chi connectivity index (χ0n) is 11.2. The number of nitrogens with zero attached hydrogens (tertiary/aromatic N) is 4. The van der Waals surface area contributed by atoms with Gasteiger partial charge in [-0.15, -0.1) is 0 Å². The van der Waals surface area contributed by atoms with Crippen molar-refractivity contribution in [2.24, 2.45) is 7.05 Å². The molecular formula is C14H17N5. The van der Waals surface area contributed by atoms with Crippen molar-refractivity contribution in [3.05, 3.63) is 42.1 Å². The van der Waals surface area contributed by atoms with Gasteiger partial charge < -0.3 is 9.88 Å². The van der Waals surface area contributed by atoms with Crippen LogP contribution >= 0.6 is 0 Å². The average molecular weight is 255 g/mol. The van der Waals surface area contributed by atoms with Gasteiger partial charge in [-0.05, 0) is 31.9 Å². The minimum atomic E-state index is 0.235. The summed E-state index contributed by atoms with van der Waals surface area (Å²) >= 11 is 0. The van der Waals surface area contributed by atoms with Gasteiger partial charge in [0, 0.05) is 37.4 Å². The van der Waals surface area contributed by atoms with Crippen molar-refractivity contribution in [3.8, 4) is 6.07 Å².